The van der Waals surface area contributed by atoms with Crippen LogP contribution >= 0.6 is 0 Å². The van der Waals surface area contributed by atoms with Gasteiger partial charge in [0.1, 0.15) is 0 Å². The van der Waals surface area contributed by atoms with Crippen LogP contribution in [-0.2, 0) is 0 Å². The second-order valence-electron chi connectivity index (χ2n) is 9.49. The Labute approximate surface area is 145 Å². The van der Waals surface area contributed by atoms with E-state index in [9.17, 15) is 20.4 Å². The second-order valence-corrected chi connectivity index (χ2v) is 9.49. The van der Waals surface area contributed by atoms with Gasteiger partial charge in [0, 0.05) is 12.0 Å². The third-order valence-electron chi connectivity index (χ3n) is 7.76. The van der Waals surface area contributed by atoms with Crippen molar-refractivity contribution in [1.82, 2.24) is 0 Å². The van der Waals surface area contributed by atoms with Gasteiger partial charge in [0.15, 0.2) is 0 Å². The Morgan fingerprint density at radius 2 is 1.88 bits per heavy atom. The minimum absolute atomic E-state index is 0.00469. The van der Waals surface area contributed by atoms with Crippen molar-refractivity contribution in [2.45, 2.75) is 71.5 Å². The van der Waals surface area contributed by atoms with Crippen molar-refractivity contribution < 1.29 is 20.4 Å². The molecule has 3 rings (SSSR count). The summed E-state index contributed by atoms with van der Waals surface area (Å²) in [6, 6.07) is 0. The van der Waals surface area contributed by atoms with Gasteiger partial charge in [0.05, 0.1) is 18.8 Å². The molecule has 0 amide bonds. The lowest BCUT2D eigenvalue weighted by Gasteiger charge is -2.61. The number of allylic oxidation sites excluding steroid dienone is 1. The zero-order valence-electron chi connectivity index (χ0n) is 15.3. The topological polar surface area (TPSA) is 80.9 Å². The smallest absolute Gasteiger partial charge is 0.0858 e. The largest absolute Gasteiger partial charge is 0.396 e. The normalized spacial score (nSPS) is 49.8. The SMILES string of the molecule is C[C@]1(CO)C[C@@H](O)C[C@]2(C)[C@H]3CC[C@@](C)(C(O)CO)C=C3CC[C@@H]12. The standard InChI is InChI=1S/C20H34O4/c1-18(17(24)11-21)7-6-15-13(8-18)4-5-16-19(2,12-22)9-14(23)10-20(15,16)3/h8,14-17,21-24H,4-7,9-12H2,1-3H3/t14-,15+,16+,17?,18-,19-,20-/m1/s1. The summed E-state index contributed by atoms with van der Waals surface area (Å²) in [5.74, 6) is 0.837. The maximum atomic E-state index is 10.5. The molecule has 4 N–H and O–H groups in total. The molecule has 0 saturated heterocycles. The van der Waals surface area contributed by atoms with Crippen molar-refractivity contribution in [3.05, 3.63) is 11.6 Å². The summed E-state index contributed by atoms with van der Waals surface area (Å²) < 4.78 is 0. The quantitative estimate of drug-likeness (QED) is 0.595. The predicted octanol–water partition coefficient (Wildman–Crippen LogP) is 2.25. The molecular formula is C20H34O4. The first-order valence-corrected chi connectivity index (χ1v) is 9.48. The second kappa shape index (κ2) is 6.08. The summed E-state index contributed by atoms with van der Waals surface area (Å²) in [5.41, 5.74) is 0.843. The van der Waals surface area contributed by atoms with Gasteiger partial charge in [-0.15, -0.1) is 0 Å². The van der Waals surface area contributed by atoms with Crippen molar-refractivity contribution in [2.24, 2.45) is 28.1 Å². The lowest BCUT2D eigenvalue weighted by molar-refractivity contribution is -0.134. The molecular weight excluding hydrogens is 304 g/mol. The Morgan fingerprint density at radius 3 is 2.50 bits per heavy atom. The molecule has 4 nitrogen and oxygen atoms in total. The molecule has 0 radical (unpaired) electrons. The zero-order chi connectivity index (χ0) is 17.8. The van der Waals surface area contributed by atoms with Crippen LogP contribution in [0.2, 0.25) is 0 Å². The monoisotopic (exact) mass is 338 g/mol. The molecule has 2 saturated carbocycles. The molecule has 0 aromatic carbocycles. The molecule has 4 heteroatoms. The average molecular weight is 338 g/mol. The number of aliphatic hydroxyl groups is 4. The first-order valence-electron chi connectivity index (χ1n) is 9.48. The van der Waals surface area contributed by atoms with Crippen LogP contribution in [0.15, 0.2) is 11.6 Å². The first kappa shape index (κ1) is 18.4. The molecule has 0 bridgehead atoms. The molecule has 2 fully saturated rings. The Bertz CT molecular complexity index is 518. The number of hydrogen-bond donors (Lipinski definition) is 4. The fourth-order valence-corrected chi connectivity index (χ4v) is 6.46. The highest BCUT2D eigenvalue weighted by molar-refractivity contribution is 5.25. The van der Waals surface area contributed by atoms with Gasteiger partial charge in [-0.3, -0.25) is 0 Å². The third-order valence-corrected chi connectivity index (χ3v) is 7.76. The fourth-order valence-electron chi connectivity index (χ4n) is 6.46. The van der Waals surface area contributed by atoms with Crippen LogP contribution in [0.3, 0.4) is 0 Å². The van der Waals surface area contributed by atoms with E-state index in [1.54, 1.807) is 0 Å². The first-order chi connectivity index (χ1) is 11.2. The summed E-state index contributed by atoms with van der Waals surface area (Å²) in [6.07, 6.45) is 6.54. The Hall–Kier alpha value is -0.420. The van der Waals surface area contributed by atoms with Crippen LogP contribution in [0.5, 0.6) is 0 Å². The van der Waals surface area contributed by atoms with Gasteiger partial charge in [-0.1, -0.05) is 32.4 Å². The van der Waals surface area contributed by atoms with Gasteiger partial charge in [-0.05, 0) is 61.2 Å². The molecule has 0 heterocycles. The maximum absolute atomic E-state index is 10.5. The Kier molecular flexibility index (Phi) is 4.66. The third kappa shape index (κ3) is 2.66. The van der Waals surface area contributed by atoms with Crippen LogP contribution in [0.25, 0.3) is 0 Å². The van der Waals surface area contributed by atoms with Crippen molar-refractivity contribution in [2.75, 3.05) is 13.2 Å². The molecule has 3 aliphatic rings. The van der Waals surface area contributed by atoms with E-state index in [0.29, 0.717) is 18.3 Å². The summed E-state index contributed by atoms with van der Waals surface area (Å²) in [6.45, 7) is 6.41. The van der Waals surface area contributed by atoms with Gasteiger partial charge >= 0.3 is 0 Å². The molecule has 0 aromatic rings. The van der Waals surface area contributed by atoms with E-state index in [-0.39, 0.29) is 35.6 Å². The number of hydrogen-bond acceptors (Lipinski definition) is 4. The lowest BCUT2D eigenvalue weighted by atomic mass is 9.44. The molecule has 3 aliphatic carbocycles. The van der Waals surface area contributed by atoms with E-state index in [2.05, 4.69) is 19.9 Å². The van der Waals surface area contributed by atoms with Crippen LogP contribution in [0.4, 0.5) is 0 Å². The summed E-state index contributed by atoms with van der Waals surface area (Å²) in [4.78, 5) is 0. The fraction of sp³-hybridized carbons (Fsp3) is 0.900. The molecule has 0 aliphatic heterocycles. The highest BCUT2D eigenvalue weighted by atomic mass is 16.3. The Balaban J connectivity index is 1.95. The number of aliphatic hydroxyl groups excluding tert-OH is 4. The molecule has 0 aromatic heterocycles. The lowest BCUT2D eigenvalue weighted by Crippen LogP contribution is -2.56. The Morgan fingerprint density at radius 1 is 1.17 bits per heavy atom. The van der Waals surface area contributed by atoms with Gasteiger partial charge in [0.2, 0.25) is 0 Å². The summed E-state index contributed by atoms with van der Waals surface area (Å²) in [5, 5.41) is 40.1. The van der Waals surface area contributed by atoms with E-state index in [0.717, 1.165) is 32.1 Å². The van der Waals surface area contributed by atoms with E-state index in [1.807, 2.05) is 6.92 Å². The van der Waals surface area contributed by atoms with Crippen molar-refractivity contribution in [1.29, 1.82) is 0 Å². The highest BCUT2D eigenvalue weighted by Crippen LogP contribution is 2.63. The van der Waals surface area contributed by atoms with Crippen LogP contribution < -0.4 is 0 Å². The van der Waals surface area contributed by atoms with Gasteiger partial charge in [-0.2, -0.15) is 0 Å². The predicted molar refractivity (Wildman–Crippen MR) is 93.3 cm³/mol. The zero-order valence-corrected chi connectivity index (χ0v) is 15.3. The van der Waals surface area contributed by atoms with Gasteiger partial charge in [-0.25, -0.2) is 0 Å². The molecule has 1 unspecified atom stereocenters. The van der Waals surface area contributed by atoms with Gasteiger partial charge < -0.3 is 20.4 Å². The van der Waals surface area contributed by atoms with Crippen molar-refractivity contribution >= 4 is 0 Å². The van der Waals surface area contributed by atoms with E-state index >= 15 is 0 Å². The minimum atomic E-state index is -0.712. The number of fused-ring (bicyclic) bond motifs is 3. The molecule has 7 atom stereocenters. The molecule has 0 spiro atoms. The number of rotatable bonds is 3. The van der Waals surface area contributed by atoms with Crippen molar-refractivity contribution in [3.8, 4) is 0 Å². The van der Waals surface area contributed by atoms with E-state index < -0.39 is 6.10 Å². The van der Waals surface area contributed by atoms with Crippen LogP contribution in [-0.4, -0.2) is 45.8 Å². The summed E-state index contributed by atoms with van der Waals surface area (Å²) >= 11 is 0. The van der Waals surface area contributed by atoms with E-state index in [1.165, 1.54) is 5.57 Å². The van der Waals surface area contributed by atoms with E-state index in [4.69, 9.17) is 0 Å². The van der Waals surface area contributed by atoms with Crippen molar-refractivity contribution in [3.63, 3.8) is 0 Å². The summed E-state index contributed by atoms with van der Waals surface area (Å²) in [7, 11) is 0. The average Bonchev–Trinajstić information content (AvgIpc) is 2.52. The maximum Gasteiger partial charge on any atom is 0.0858 e. The highest BCUT2D eigenvalue weighted by Gasteiger charge is 2.57. The van der Waals surface area contributed by atoms with Crippen LogP contribution in [0, 0.1) is 28.1 Å². The van der Waals surface area contributed by atoms with Crippen LogP contribution in [0.1, 0.15) is 59.3 Å². The minimum Gasteiger partial charge on any atom is -0.396 e. The van der Waals surface area contributed by atoms with Gasteiger partial charge in [0.25, 0.3) is 0 Å². The molecule has 24 heavy (non-hydrogen) atoms. The molecule has 138 valence electrons.